The summed E-state index contributed by atoms with van der Waals surface area (Å²) in [5.41, 5.74) is 0.735. The molecule has 22 heavy (non-hydrogen) atoms. The summed E-state index contributed by atoms with van der Waals surface area (Å²) in [4.78, 5) is 12.0. The number of carbonyl (C=O) groups excluding carboxylic acids is 1. The van der Waals surface area contributed by atoms with Gasteiger partial charge in [0.15, 0.2) is 5.16 Å². The van der Waals surface area contributed by atoms with Gasteiger partial charge in [-0.3, -0.25) is 4.79 Å². The average Bonchev–Trinajstić information content (AvgIpc) is 2.90. The molecule has 0 unspecified atom stereocenters. The highest BCUT2D eigenvalue weighted by atomic mass is 35.5. The van der Waals surface area contributed by atoms with E-state index < -0.39 is 0 Å². The SMILES string of the molecule is CCCn1c(CC)nnc1SCC(=O)Nc1ccc(Cl)cc1. The third-order valence-corrected chi connectivity index (χ3v) is 4.24. The maximum absolute atomic E-state index is 12.0. The summed E-state index contributed by atoms with van der Waals surface area (Å²) in [5, 5.41) is 12.6. The lowest BCUT2D eigenvalue weighted by atomic mass is 10.3. The van der Waals surface area contributed by atoms with Gasteiger partial charge in [0.25, 0.3) is 0 Å². The number of benzene rings is 1. The quantitative estimate of drug-likeness (QED) is 0.783. The Morgan fingerprint density at radius 2 is 2.00 bits per heavy atom. The molecule has 0 radical (unpaired) electrons. The van der Waals surface area contributed by atoms with Crippen LogP contribution in [0.2, 0.25) is 5.02 Å². The van der Waals surface area contributed by atoms with Crippen molar-refractivity contribution < 1.29 is 4.79 Å². The van der Waals surface area contributed by atoms with Crippen molar-refractivity contribution in [3.8, 4) is 0 Å². The van der Waals surface area contributed by atoms with Crippen LogP contribution >= 0.6 is 23.4 Å². The summed E-state index contributed by atoms with van der Waals surface area (Å²) < 4.78 is 2.08. The Bertz CT molecular complexity index is 627. The van der Waals surface area contributed by atoms with E-state index in [0.717, 1.165) is 36.1 Å². The second-order valence-electron chi connectivity index (χ2n) is 4.75. The Kier molecular flexibility index (Phi) is 6.27. The maximum atomic E-state index is 12.0. The first-order chi connectivity index (χ1) is 10.6. The minimum atomic E-state index is -0.0728. The summed E-state index contributed by atoms with van der Waals surface area (Å²) in [7, 11) is 0. The van der Waals surface area contributed by atoms with Crippen molar-refractivity contribution in [3.63, 3.8) is 0 Å². The van der Waals surface area contributed by atoms with Crippen molar-refractivity contribution in [2.24, 2.45) is 0 Å². The average molecular weight is 339 g/mol. The molecule has 5 nitrogen and oxygen atoms in total. The van der Waals surface area contributed by atoms with Crippen LogP contribution < -0.4 is 5.32 Å². The minimum Gasteiger partial charge on any atom is -0.325 e. The highest BCUT2D eigenvalue weighted by Gasteiger charge is 2.12. The Morgan fingerprint density at radius 3 is 2.64 bits per heavy atom. The number of aromatic nitrogens is 3. The third-order valence-electron chi connectivity index (χ3n) is 3.02. The fourth-order valence-electron chi connectivity index (χ4n) is 2.00. The van der Waals surface area contributed by atoms with Crippen molar-refractivity contribution in [1.29, 1.82) is 0 Å². The molecule has 2 aromatic rings. The monoisotopic (exact) mass is 338 g/mol. The molecule has 1 amide bonds. The van der Waals surface area contributed by atoms with Crippen LogP contribution in [0.25, 0.3) is 0 Å². The Hall–Kier alpha value is -1.53. The number of thioether (sulfide) groups is 1. The molecule has 0 aliphatic rings. The molecular weight excluding hydrogens is 320 g/mol. The molecule has 7 heteroatoms. The molecule has 1 heterocycles. The lowest BCUT2D eigenvalue weighted by Crippen LogP contribution is -2.14. The maximum Gasteiger partial charge on any atom is 0.234 e. The number of aryl methyl sites for hydroxylation is 1. The Balaban J connectivity index is 1.93. The van der Waals surface area contributed by atoms with E-state index in [0.29, 0.717) is 10.8 Å². The summed E-state index contributed by atoms with van der Waals surface area (Å²) in [6.45, 7) is 5.04. The highest BCUT2D eigenvalue weighted by Crippen LogP contribution is 2.19. The number of anilines is 1. The fourth-order valence-corrected chi connectivity index (χ4v) is 2.91. The van der Waals surface area contributed by atoms with Crippen molar-refractivity contribution in [2.75, 3.05) is 11.1 Å². The van der Waals surface area contributed by atoms with E-state index in [2.05, 4.69) is 33.9 Å². The summed E-state index contributed by atoms with van der Waals surface area (Å²) in [6.07, 6.45) is 1.85. The van der Waals surface area contributed by atoms with Gasteiger partial charge < -0.3 is 9.88 Å². The van der Waals surface area contributed by atoms with Crippen LogP contribution in [0, 0.1) is 0 Å². The first kappa shape index (κ1) is 16.8. The predicted molar refractivity (Wildman–Crippen MR) is 90.5 cm³/mol. The normalized spacial score (nSPS) is 10.7. The number of hydrogen-bond donors (Lipinski definition) is 1. The van der Waals surface area contributed by atoms with Crippen LogP contribution in [0.5, 0.6) is 0 Å². The van der Waals surface area contributed by atoms with Gasteiger partial charge in [0.05, 0.1) is 5.75 Å². The number of rotatable bonds is 7. The topological polar surface area (TPSA) is 59.8 Å². The zero-order valence-electron chi connectivity index (χ0n) is 12.7. The van der Waals surface area contributed by atoms with Gasteiger partial charge in [-0.2, -0.15) is 0 Å². The van der Waals surface area contributed by atoms with E-state index in [-0.39, 0.29) is 5.91 Å². The Morgan fingerprint density at radius 1 is 1.27 bits per heavy atom. The van der Waals surface area contributed by atoms with E-state index in [1.165, 1.54) is 11.8 Å². The van der Waals surface area contributed by atoms with E-state index in [9.17, 15) is 4.79 Å². The van der Waals surface area contributed by atoms with Gasteiger partial charge in [0.2, 0.25) is 5.91 Å². The molecule has 1 aromatic carbocycles. The second kappa shape index (κ2) is 8.19. The zero-order chi connectivity index (χ0) is 15.9. The molecular formula is C15H19ClN4OS. The number of amides is 1. The van der Waals surface area contributed by atoms with Gasteiger partial charge in [-0.15, -0.1) is 10.2 Å². The second-order valence-corrected chi connectivity index (χ2v) is 6.13. The molecule has 118 valence electrons. The Labute approximate surface area is 139 Å². The summed E-state index contributed by atoms with van der Waals surface area (Å²) in [5.74, 6) is 1.19. The molecule has 0 aliphatic heterocycles. The summed E-state index contributed by atoms with van der Waals surface area (Å²) >= 11 is 7.22. The van der Waals surface area contributed by atoms with Crippen LogP contribution in [0.4, 0.5) is 5.69 Å². The van der Waals surface area contributed by atoms with Crippen molar-refractivity contribution in [2.45, 2.75) is 38.4 Å². The molecule has 2 rings (SSSR count). The van der Waals surface area contributed by atoms with E-state index in [1.54, 1.807) is 24.3 Å². The van der Waals surface area contributed by atoms with E-state index >= 15 is 0 Å². The van der Waals surface area contributed by atoms with Crippen molar-refractivity contribution in [3.05, 3.63) is 35.1 Å². The summed E-state index contributed by atoms with van der Waals surface area (Å²) in [6, 6.07) is 7.05. The lowest BCUT2D eigenvalue weighted by molar-refractivity contribution is -0.113. The smallest absolute Gasteiger partial charge is 0.234 e. The van der Waals surface area contributed by atoms with Crippen LogP contribution in [-0.4, -0.2) is 26.4 Å². The van der Waals surface area contributed by atoms with Gasteiger partial charge in [-0.05, 0) is 30.7 Å². The van der Waals surface area contributed by atoms with Gasteiger partial charge in [-0.1, -0.05) is 37.2 Å². The highest BCUT2D eigenvalue weighted by molar-refractivity contribution is 7.99. The molecule has 1 aromatic heterocycles. The first-order valence-corrected chi connectivity index (χ1v) is 8.60. The number of nitrogens with one attached hydrogen (secondary N) is 1. The number of carbonyl (C=O) groups is 1. The van der Waals surface area contributed by atoms with E-state index in [4.69, 9.17) is 11.6 Å². The standard InChI is InChI=1S/C15H19ClN4OS/c1-3-9-20-13(4-2)18-19-15(20)22-10-14(21)17-12-7-5-11(16)6-8-12/h5-8H,3-4,9-10H2,1-2H3,(H,17,21). The first-order valence-electron chi connectivity index (χ1n) is 7.24. The molecule has 0 saturated heterocycles. The molecule has 0 aliphatic carbocycles. The molecule has 0 atom stereocenters. The van der Waals surface area contributed by atoms with Crippen LogP contribution in [0.3, 0.4) is 0 Å². The number of nitrogens with zero attached hydrogens (tertiary/aromatic N) is 3. The fraction of sp³-hybridized carbons (Fsp3) is 0.400. The molecule has 0 fully saturated rings. The lowest BCUT2D eigenvalue weighted by Gasteiger charge is -2.08. The van der Waals surface area contributed by atoms with Gasteiger partial charge in [0.1, 0.15) is 5.82 Å². The van der Waals surface area contributed by atoms with Gasteiger partial charge in [-0.25, -0.2) is 0 Å². The van der Waals surface area contributed by atoms with Crippen LogP contribution in [-0.2, 0) is 17.8 Å². The van der Waals surface area contributed by atoms with Crippen molar-refractivity contribution >= 4 is 35.0 Å². The van der Waals surface area contributed by atoms with Gasteiger partial charge in [0, 0.05) is 23.7 Å². The molecule has 0 saturated carbocycles. The minimum absolute atomic E-state index is 0.0728. The van der Waals surface area contributed by atoms with E-state index in [1.807, 2.05) is 0 Å². The van der Waals surface area contributed by atoms with Crippen LogP contribution in [0.15, 0.2) is 29.4 Å². The number of hydrogen-bond acceptors (Lipinski definition) is 4. The molecule has 1 N–H and O–H groups in total. The van der Waals surface area contributed by atoms with Crippen molar-refractivity contribution in [1.82, 2.24) is 14.8 Å². The van der Waals surface area contributed by atoms with Gasteiger partial charge >= 0.3 is 0 Å². The third kappa shape index (κ3) is 4.48. The molecule has 0 spiro atoms. The largest absolute Gasteiger partial charge is 0.325 e. The predicted octanol–water partition coefficient (Wildman–Crippen LogP) is 3.63. The zero-order valence-corrected chi connectivity index (χ0v) is 14.2. The van der Waals surface area contributed by atoms with Crippen LogP contribution in [0.1, 0.15) is 26.1 Å². The molecule has 0 bridgehead atoms. The number of halogens is 1.